The largest absolute Gasteiger partial charge is 0.396 e. The predicted octanol–water partition coefficient (Wildman–Crippen LogP) is 6.44. The van der Waals surface area contributed by atoms with Crippen molar-refractivity contribution in [3.05, 3.63) is 138 Å². The van der Waals surface area contributed by atoms with E-state index in [1.165, 1.54) is 5.56 Å². The van der Waals surface area contributed by atoms with Gasteiger partial charge in [0.25, 0.3) is 0 Å². The molecule has 1 aliphatic rings. The number of aliphatic hydroxyl groups is 1. The Kier molecular flexibility index (Phi) is 10.1. The van der Waals surface area contributed by atoms with Gasteiger partial charge in [0.05, 0.1) is 49.8 Å². The SMILES string of the molecule is CN(CCOC[C@]1(CO)CO[C@@H](c2nc(-c3ccccc3)c(-c3ccccc3)n2Cc2ccccc2)OC1)Cc1ccccc1. The first kappa shape index (κ1) is 30.9. The Bertz CT molecular complexity index is 1600. The number of hydrogen-bond acceptors (Lipinski definition) is 6. The molecule has 0 spiro atoms. The number of aromatic nitrogens is 2. The summed E-state index contributed by atoms with van der Waals surface area (Å²) in [7, 11) is 2.08. The van der Waals surface area contributed by atoms with E-state index in [2.05, 4.69) is 89.3 Å². The maximum Gasteiger partial charge on any atom is 0.217 e. The second-order valence-corrected chi connectivity index (χ2v) is 11.9. The van der Waals surface area contributed by atoms with Gasteiger partial charge in [-0.3, -0.25) is 4.90 Å². The Labute approximate surface area is 265 Å². The van der Waals surface area contributed by atoms with E-state index in [0.717, 1.165) is 41.2 Å². The first-order valence-corrected chi connectivity index (χ1v) is 15.5. The van der Waals surface area contributed by atoms with Crippen LogP contribution in [0.4, 0.5) is 0 Å². The van der Waals surface area contributed by atoms with Crippen molar-refractivity contribution in [1.82, 2.24) is 14.5 Å². The standard InChI is InChI=1S/C38H41N3O4/c1-40(24-30-14-6-2-7-15-30)22-23-43-27-38(26-42)28-44-37(45-29-38)36-39-34(32-18-10-4-11-19-32)35(33-20-12-5-13-21-33)41(36)25-31-16-8-3-9-17-31/h2-21,37,42H,22-29H2,1H3/t37-,38-. The molecule has 0 bridgehead atoms. The maximum absolute atomic E-state index is 10.4. The number of nitrogens with zero attached hydrogens (tertiary/aromatic N) is 3. The number of benzene rings is 4. The number of aliphatic hydroxyl groups excluding tert-OH is 1. The van der Waals surface area contributed by atoms with Gasteiger partial charge in [-0.15, -0.1) is 0 Å². The molecule has 6 rings (SSSR count). The van der Waals surface area contributed by atoms with Crippen molar-refractivity contribution in [2.24, 2.45) is 5.41 Å². The van der Waals surface area contributed by atoms with E-state index in [1.54, 1.807) is 0 Å². The molecule has 7 nitrogen and oxygen atoms in total. The Morgan fingerprint density at radius 3 is 1.96 bits per heavy atom. The number of likely N-dealkylation sites (N-methyl/N-ethyl adjacent to an activating group) is 1. The van der Waals surface area contributed by atoms with Crippen LogP contribution in [0.5, 0.6) is 0 Å². The molecule has 45 heavy (non-hydrogen) atoms. The second kappa shape index (κ2) is 14.8. The molecule has 1 saturated heterocycles. The van der Waals surface area contributed by atoms with Crippen molar-refractivity contribution in [2.75, 3.05) is 46.6 Å². The average Bonchev–Trinajstić information content (AvgIpc) is 3.47. The number of ether oxygens (including phenoxy) is 3. The lowest BCUT2D eigenvalue weighted by Gasteiger charge is -2.38. The highest BCUT2D eigenvalue weighted by atomic mass is 16.7. The zero-order valence-corrected chi connectivity index (χ0v) is 25.8. The summed E-state index contributed by atoms with van der Waals surface area (Å²) in [6.07, 6.45) is -0.690. The van der Waals surface area contributed by atoms with E-state index >= 15 is 0 Å². The smallest absolute Gasteiger partial charge is 0.217 e. The van der Waals surface area contributed by atoms with Crippen molar-refractivity contribution in [3.63, 3.8) is 0 Å². The van der Waals surface area contributed by atoms with Crippen molar-refractivity contribution in [2.45, 2.75) is 19.4 Å². The van der Waals surface area contributed by atoms with E-state index in [9.17, 15) is 5.11 Å². The third-order valence-corrected chi connectivity index (χ3v) is 8.22. The Morgan fingerprint density at radius 2 is 1.36 bits per heavy atom. The zero-order chi connectivity index (χ0) is 30.9. The van der Waals surface area contributed by atoms with Crippen molar-refractivity contribution >= 4 is 0 Å². The van der Waals surface area contributed by atoms with Crippen LogP contribution in [0, 0.1) is 5.41 Å². The fourth-order valence-electron chi connectivity index (χ4n) is 5.71. The summed E-state index contributed by atoms with van der Waals surface area (Å²) < 4.78 is 21.1. The van der Waals surface area contributed by atoms with Crippen LogP contribution in [-0.4, -0.2) is 66.2 Å². The van der Waals surface area contributed by atoms with E-state index in [4.69, 9.17) is 19.2 Å². The normalized spacial score (nSPS) is 18.3. The highest BCUT2D eigenvalue weighted by molar-refractivity contribution is 5.79. The van der Waals surface area contributed by atoms with Crippen molar-refractivity contribution in [1.29, 1.82) is 0 Å². The van der Waals surface area contributed by atoms with Crippen LogP contribution in [0.25, 0.3) is 22.5 Å². The van der Waals surface area contributed by atoms with Crippen LogP contribution in [-0.2, 0) is 27.3 Å². The van der Waals surface area contributed by atoms with Crippen LogP contribution < -0.4 is 0 Å². The number of hydrogen-bond donors (Lipinski definition) is 1. The summed E-state index contributed by atoms with van der Waals surface area (Å²) in [5, 5.41) is 10.4. The van der Waals surface area contributed by atoms with Gasteiger partial charge < -0.3 is 23.9 Å². The third kappa shape index (κ3) is 7.59. The molecule has 5 aromatic rings. The van der Waals surface area contributed by atoms with Gasteiger partial charge in [-0.1, -0.05) is 121 Å². The van der Waals surface area contributed by atoms with Gasteiger partial charge in [-0.05, 0) is 18.2 Å². The lowest BCUT2D eigenvalue weighted by atomic mass is 9.91. The van der Waals surface area contributed by atoms with E-state index in [-0.39, 0.29) is 6.61 Å². The minimum absolute atomic E-state index is 0.0947. The molecule has 232 valence electrons. The van der Waals surface area contributed by atoms with Crippen LogP contribution in [0.15, 0.2) is 121 Å². The highest BCUT2D eigenvalue weighted by Gasteiger charge is 2.40. The topological polar surface area (TPSA) is 69.0 Å². The Morgan fingerprint density at radius 1 is 0.800 bits per heavy atom. The monoisotopic (exact) mass is 603 g/mol. The van der Waals surface area contributed by atoms with Crippen LogP contribution >= 0.6 is 0 Å². The number of imidazole rings is 1. The summed E-state index contributed by atoms with van der Waals surface area (Å²) in [4.78, 5) is 7.42. The summed E-state index contributed by atoms with van der Waals surface area (Å²) in [6.45, 7) is 3.64. The summed E-state index contributed by atoms with van der Waals surface area (Å²) >= 11 is 0. The molecule has 2 heterocycles. The molecule has 0 aliphatic carbocycles. The first-order valence-electron chi connectivity index (χ1n) is 15.5. The van der Waals surface area contributed by atoms with Crippen molar-refractivity contribution in [3.8, 4) is 22.5 Å². The molecule has 1 aliphatic heterocycles. The molecule has 0 unspecified atom stereocenters. The highest BCUT2D eigenvalue weighted by Crippen LogP contribution is 2.38. The average molecular weight is 604 g/mol. The van der Waals surface area contributed by atoms with Gasteiger partial charge in [-0.2, -0.15) is 0 Å². The molecule has 1 fully saturated rings. The lowest BCUT2D eigenvalue weighted by molar-refractivity contribution is -0.254. The Hall–Kier alpha value is -4.11. The summed E-state index contributed by atoms with van der Waals surface area (Å²) in [5.74, 6) is 0.701. The molecule has 0 atom stereocenters. The van der Waals surface area contributed by atoms with Crippen LogP contribution in [0.2, 0.25) is 0 Å². The number of rotatable bonds is 13. The van der Waals surface area contributed by atoms with Gasteiger partial charge in [0.2, 0.25) is 6.29 Å². The van der Waals surface area contributed by atoms with Gasteiger partial charge in [-0.25, -0.2) is 4.98 Å². The molecule has 4 aromatic carbocycles. The van der Waals surface area contributed by atoms with E-state index in [0.29, 0.717) is 38.8 Å². The predicted molar refractivity (Wildman–Crippen MR) is 176 cm³/mol. The molecular weight excluding hydrogens is 562 g/mol. The molecule has 1 aromatic heterocycles. The van der Waals surface area contributed by atoms with Gasteiger partial charge in [0, 0.05) is 30.8 Å². The third-order valence-electron chi connectivity index (χ3n) is 8.22. The van der Waals surface area contributed by atoms with Gasteiger partial charge in [0.1, 0.15) is 0 Å². The Balaban J connectivity index is 1.20. The quantitative estimate of drug-likeness (QED) is 0.156. The van der Waals surface area contributed by atoms with E-state index < -0.39 is 11.7 Å². The maximum atomic E-state index is 10.4. The summed E-state index contributed by atoms with van der Waals surface area (Å²) in [5.41, 5.74) is 5.75. The molecular formula is C38H41N3O4. The second-order valence-electron chi connectivity index (χ2n) is 11.9. The molecule has 0 amide bonds. The fourth-order valence-corrected chi connectivity index (χ4v) is 5.71. The van der Waals surface area contributed by atoms with Gasteiger partial charge >= 0.3 is 0 Å². The fraction of sp³-hybridized carbons (Fsp3) is 0.289. The minimum atomic E-state index is -0.690. The van der Waals surface area contributed by atoms with Crippen molar-refractivity contribution < 1.29 is 19.3 Å². The molecule has 1 N–H and O–H groups in total. The zero-order valence-electron chi connectivity index (χ0n) is 25.8. The molecule has 0 radical (unpaired) electrons. The lowest BCUT2D eigenvalue weighted by Crippen LogP contribution is -2.46. The van der Waals surface area contributed by atoms with Crippen LogP contribution in [0.3, 0.4) is 0 Å². The summed E-state index contributed by atoms with van der Waals surface area (Å²) in [6, 6.07) is 41.3. The minimum Gasteiger partial charge on any atom is -0.396 e. The van der Waals surface area contributed by atoms with Crippen LogP contribution in [0.1, 0.15) is 23.2 Å². The van der Waals surface area contributed by atoms with E-state index in [1.807, 2.05) is 48.5 Å². The van der Waals surface area contributed by atoms with Gasteiger partial charge in [0.15, 0.2) is 5.82 Å². The molecule has 0 saturated carbocycles. The first-order chi connectivity index (χ1) is 22.1. The molecule has 7 heteroatoms.